The lowest BCUT2D eigenvalue weighted by Gasteiger charge is -2.16. The van der Waals surface area contributed by atoms with Gasteiger partial charge in [-0.25, -0.2) is 9.79 Å². The Bertz CT molecular complexity index is 1690. The van der Waals surface area contributed by atoms with Crippen LogP contribution in [0.1, 0.15) is 21.5 Å². The van der Waals surface area contributed by atoms with Crippen LogP contribution in [0.4, 0.5) is 11.4 Å². The normalized spacial score (nSPS) is 14.6. The highest BCUT2D eigenvalue weighted by Crippen LogP contribution is 2.36. The van der Waals surface area contributed by atoms with E-state index in [4.69, 9.17) is 14.5 Å². The molecule has 1 fully saturated rings. The van der Waals surface area contributed by atoms with Crippen LogP contribution in [-0.2, 0) is 16.1 Å². The van der Waals surface area contributed by atoms with E-state index >= 15 is 0 Å². The van der Waals surface area contributed by atoms with Crippen LogP contribution in [0.3, 0.4) is 0 Å². The van der Waals surface area contributed by atoms with Gasteiger partial charge in [-0.2, -0.15) is 0 Å². The molecule has 1 heterocycles. The molecule has 4 aromatic carbocycles. The smallest absolute Gasteiger partial charge is 0.335 e. The number of methoxy groups -OCH3 is 1. The molecule has 0 unspecified atom stereocenters. The summed E-state index contributed by atoms with van der Waals surface area (Å²) < 4.78 is 11.2. The van der Waals surface area contributed by atoms with Crippen molar-refractivity contribution in [2.24, 2.45) is 4.99 Å². The number of thioether (sulfide) groups is 1. The number of anilines is 1. The number of nitrogens with one attached hydrogen (secondary N) is 1. The Balaban J connectivity index is 1.35. The molecule has 0 atom stereocenters. The fraction of sp³-hybridized carbons (Fsp3) is 0.0909. The zero-order valence-corrected chi connectivity index (χ0v) is 23.9. The minimum Gasteiger partial charge on any atom is -0.493 e. The summed E-state index contributed by atoms with van der Waals surface area (Å²) >= 11 is 1.24. The highest BCUT2D eigenvalue weighted by Gasteiger charge is 2.33. The van der Waals surface area contributed by atoms with Gasteiger partial charge in [0.25, 0.3) is 11.8 Å². The van der Waals surface area contributed by atoms with Crippen LogP contribution in [0.15, 0.2) is 113 Å². The number of para-hydroxylation sites is 2. The first-order valence-electron chi connectivity index (χ1n) is 13.2. The average Bonchev–Trinajstić information content (AvgIpc) is 3.30. The van der Waals surface area contributed by atoms with Crippen molar-refractivity contribution >= 4 is 52.2 Å². The summed E-state index contributed by atoms with van der Waals surface area (Å²) in [5.74, 6) is -0.769. The summed E-state index contributed by atoms with van der Waals surface area (Å²) in [6, 6.07) is 30.0. The van der Waals surface area contributed by atoms with E-state index in [1.54, 1.807) is 53.4 Å². The fourth-order valence-electron chi connectivity index (χ4n) is 4.19. The first kappa shape index (κ1) is 29.2. The third-order valence-corrected chi connectivity index (χ3v) is 7.32. The zero-order chi connectivity index (χ0) is 30.2. The Hall–Kier alpha value is -5.35. The lowest BCUT2D eigenvalue weighted by molar-refractivity contribution is -0.122. The highest BCUT2D eigenvalue weighted by molar-refractivity contribution is 8.18. The van der Waals surface area contributed by atoms with Crippen LogP contribution in [0.2, 0.25) is 0 Å². The van der Waals surface area contributed by atoms with Gasteiger partial charge in [-0.15, -0.1) is 0 Å². The Labute approximate surface area is 252 Å². The minimum atomic E-state index is -1.02. The maximum atomic E-state index is 13.6. The number of carbonyl (C=O) groups is 3. The maximum Gasteiger partial charge on any atom is 0.335 e. The van der Waals surface area contributed by atoms with E-state index in [-0.39, 0.29) is 30.5 Å². The monoisotopic (exact) mass is 593 g/mol. The van der Waals surface area contributed by atoms with E-state index in [9.17, 15) is 19.5 Å². The maximum absolute atomic E-state index is 13.6. The molecule has 9 nitrogen and oxygen atoms in total. The second kappa shape index (κ2) is 13.5. The SMILES string of the molecule is COc1cc(/C=C2\SC(=Nc3ccccc3)N(Cc3ccc(C(=O)O)cc3)C2=O)ccc1OCC(=O)Nc1ccccc1. The lowest BCUT2D eigenvalue weighted by Crippen LogP contribution is -2.28. The summed E-state index contributed by atoms with van der Waals surface area (Å²) in [5, 5.41) is 12.5. The van der Waals surface area contributed by atoms with Crippen LogP contribution in [0.25, 0.3) is 6.08 Å². The molecule has 0 saturated carbocycles. The Morgan fingerprint density at radius 1 is 0.930 bits per heavy atom. The van der Waals surface area contributed by atoms with Crippen LogP contribution < -0.4 is 14.8 Å². The fourth-order valence-corrected chi connectivity index (χ4v) is 5.18. The molecule has 10 heteroatoms. The first-order chi connectivity index (χ1) is 20.9. The van der Waals surface area contributed by atoms with Crippen molar-refractivity contribution in [3.05, 3.63) is 125 Å². The van der Waals surface area contributed by atoms with Gasteiger partial charge in [0.2, 0.25) is 0 Å². The van der Waals surface area contributed by atoms with Crippen molar-refractivity contribution in [1.82, 2.24) is 4.90 Å². The van der Waals surface area contributed by atoms with Gasteiger partial charge < -0.3 is 19.9 Å². The molecule has 1 saturated heterocycles. The predicted octanol–water partition coefficient (Wildman–Crippen LogP) is 6.22. The molecule has 0 aromatic heterocycles. The summed E-state index contributed by atoms with van der Waals surface area (Å²) in [4.78, 5) is 43.9. The van der Waals surface area contributed by atoms with Crippen LogP contribution in [0.5, 0.6) is 11.5 Å². The van der Waals surface area contributed by atoms with Crippen LogP contribution in [-0.4, -0.2) is 46.7 Å². The summed E-state index contributed by atoms with van der Waals surface area (Å²) in [6.07, 6.45) is 1.75. The predicted molar refractivity (Wildman–Crippen MR) is 167 cm³/mol. The Morgan fingerprint density at radius 3 is 2.30 bits per heavy atom. The number of aliphatic imine (C=N–C) groups is 1. The van der Waals surface area contributed by atoms with E-state index in [0.29, 0.717) is 38.5 Å². The molecular formula is C33H27N3O6S. The third-order valence-electron chi connectivity index (χ3n) is 6.31. The number of carboxylic acid groups (broad SMARTS) is 1. The van der Waals surface area contributed by atoms with Gasteiger partial charge in [-0.05, 0) is 77.5 Å². The quantitative estimate of drug-likeness (QED) is 0.210. The topological polar surface area (TPSA) is 118 Å². The van der Waals surface area contributed by atoms with E-state index in [0.717, 1.165) is 5.56 Å². The molecule has 5 rings (SSSR count). The van der Waals surface area contributed by atoms with E-state index < -0.39 is 5.97 Å². The van der Waals surface area contributed by atoms with Crippen molar-refractivity contribution < 1.29 is 29.0 Å². The van der Waals surface area contributed by atoms with Crippen molar-refractivity contribution in [2.45, 2.75) is 6.54 Å². The Morgan fingerprint density at radius 2 is 1.63 bits per heavy atom. The first-order valence-corrected chi connectivity index (χ1v) is 14.0. The average molecular weight is 594 g/mol. The van der Waals surface area contributed by atoms with Crippen molar-refractivity contribution in [3.63, 3.8) is 0 Å². The summed E-state index contributed by atoms with van der Waals surface area (Å²) in [7, 11) is 1.50. The number of amides is 2. The molecule has 4 aromatic rings. The van der Waals surface area contributed by atoms with Gasteiger partial charge in [0.05, 0.1) is 29.8 Å². The molecule has 43 heavy (non-hydrogen) atoms. The molecule has 216 valence electrons. The van der Waals surface area contributed by atoms with Gasteiger partial charge in [-0.1, -0.05) is 54.6 Å². The second-order valence-electron chi connectivity index (χ2n) is 9.35. The van der Waals surface area contributed by atoms with Gasteiger partial charge in [0.15, 0.2) is 23.3 Å². The van der Waals surface area contributed by atoms with Gasteiger partial charge in [0.1, 0.15) is 0 Å². The minimum absolute atomic E-state index is 0.169. The number of carboxylic acids is 1. The highest BCUT2D eigenvalue weighted by atomic mass is 32.2. The Kier molecular flexibility index (Phi) is 9.18. The third kappa shape index (κ3) is 7.49. The number of hydrogen-bond donors (Lipinski definition) is 2. The zero-order valence-electron chi connectivity index (χ0n) is 23.1. The van der Waals surface area contributed by atoms with Gasteiger partial charge in [0, 0.05) is 5.69 Å². The summed E-state index contributed by atoms with van der Waals surface area (Å²) in [5.41, 5.74) is 3.00. The molecule has 1 aliphatic heterocycles. The number of hydrogen-bond acceptors (Lipinski definition) is 7. The molecule has 0 bridgehead atoms. The largest absolute Gasteiger partial charge is 0.493 e. The van der Waals surface area contributed by atoms with Crippen molar-refractivity contribution in [3.8, 4) is 11.5 Å². The number of nitrogens with zero attached hydrogens (tertiary/aromatic N) is 2. The number of aromatic carboxylic acids is 1. The second-order valence-corrected chi connectivity index (χ2v) is 10.4. The number of ether oxygens (including phenoxy) is 2. The van der Waals surface area contributed by atoms with E-state index in [1.807, 2.05) is 48.5 Å². The van der Waals surface area contributed by atoms with Crippen LogP contribution >= 0.6 is 11.8 Å². The number of benzene rings is 4. The van der Waals surface area contributed by atoms with Gasteiger partial charge in [-0.3, -0.25) is 14.5 Å². The number of carbonyl (C=O) groups excluding carboxylic acids is 2. The van der Waals surface area contributed by atoms with Crippen molar-refractivity contribution in [1.29, 1.82) is 0 Å². The lowest BCUT2D eigenvalue weighted by atomic mass is 10.1. The molecule has 1 aliphatic rings. The molecule has 0 spiro atoms. The molecular weight excluding hydrogens is 566 g/mol. The van der Waals surface area contributed by atoms with Crippen molar-refractivity contribution in [2.75, 3.05) is 19.0 Å². The van der Waals surface area contributed by atoms with E-state index in [1.165, 1.54) is 31.0 Å². The number of amidine groups is 1. The van der Waals surface area contributed by atoms with Crippen LogP contribution in [0, 0.1) is 0 Å². The molecule has 2 N–H and O–H groups in total. The molecule has 0 radical (unpaired) electrons. The molecule has 2 amide bonds. The van der Waals surface area contributed by atoms with E-state index in [2.05, 4.69) is 5.32 Å². The summed E-state index contributed by atoms with van der Waals surface area (Å²) in [6.45, 7) is 0.0115. The number of rotatable bonds is 10. The standard InChI is InChI=1S/C33H27N3O6S/c1-41-28-18-23(14-17-27(28)42-21-30(37)34-25-8-4-2-5-9-25)19-29-31(38)36(20-22-12-15-24(16-13-22)32(39)40)33(43-29)35-26-10-6-3-7-11-26/h2-19H,20-21H2,1H3,(H,34,37)(H,39,40)/b29-19-,35-33?. The van der Waals surface area contributed by atoms with Gasteiger partial charge >= 0.3 is 5.97 Å². The molecule has 0 aliphatic carbocycles.